The average Bonchev–Trinajstić information content (AvgIpc) is 2.74. The maximum absolute atomic E-state index is 12.6. The van der Waals surface area contributed by atoms with Crippen LogP contribution in [0.2, 0.25) is 0 Å². The Bertz CT molecular complexity index is 370. The molecule has 0 atom stereocenters. The molecule has 0 aliphatic heterocycles. The summed E-state index contributed by atoms with van der Waals surface area (Å²) < 4.78 is 28.9. The second-order valence-electron chi connectivity index (χ2n) is 3.10. The van der Waals surface area contributed by atoms with Crippen molar-refractivity contribution in [2.45, 2.75) is 19.3 Å². The van der Waals surface area contributed by atoms with Crippen LogP contribution in [-0.4, -0.2) is 39.7 Å². The van der Waals surface area contributed by atoms with E-state index < -0.39 is 25.0 Å². The van der Waals surface area contributed by atoms with Gasteiger partial charge >= 0.3 is 0 Å². The van der Waals surface area contributed by atoms with Gasteiger partial charge in [0.2, 0.25) is 0 Å². The van der Waals surface area contributed by atoms with Gasteiger partial charge in [0.1, 0.15) is 11.5 Å². The van der Waals surface area contributed by atoms with Crippen molar-refractivity contribution in [1.29, 1.82) is 0 Å². The molecule has 2 N–H and O–H groups in total. The van der Waals surface area contributed by atoms with E-state index in [1.54, 1.807) is 6.92 Å². The Balaban J connectivity index is 2.60. The fourth-order valence-corrected chi connectivity index (χ4v) is 1.62. The van der Waals surface area contributed by atoms with Crippen molar-refractivity contribution in [3.05, 3.63) is 10.6 Å². The first-order chi connectivity index (χ1) is 7.50. The molecular formula is C8H11F2N3O2S. The molecule has 8 heteroatoms. The number of nitrogens with zero attached hydrogens (tertiary/aromatic N) is 2. The summed E-state index contributed by atoms with van der Waals surface area (Å²) in [6.07, 6.45) is 0.510. The molecule has 0 saturated carbocycles. The number of nitrogens with one attached hydrogen (secondary N) is 1. The van der Waals surface area contributed by atoms with Crippen molar-refractivity contribution >= 4 is 17.4 Å². The Morgan fingerprint density at radius 3 is 2.88 bits per heavy atom. The van der Waals surface area contributed by atoms with Gasteiger partial charge in [0.05, 0.1) is 12.2 Å². The zero-order chi connectivity index (χ0) is 12.2. The molecule has 90 valence electrons. The van der Waals surface area contributed by atoms with Gasteiger partial charge in [-0.15, -0.1) is 5.10 Å². The zero-order valence-corrected chi connectivity index (χ0v) is 9.35. The molecule has 0 saturated heterocycles. The molecule has 0 aliphatic carbocycles. The van der Waals surface area contributed by atoms with Crippen LogP contribution in [0.15, 0.2) is 0 Å². The largest absolute Gasteiger partial charge is 0.390 e. The van der Waals surface area contributed by atoms with Crippen molar-refractivity contribution in [2.24, 2.45) is 0 Å². The molecule has 0 spiro atoms. The minimum Gasteiger partial charge on any atom is -0.390 e. The summed E-state index contributed by atoms with van der Waals surface area (Å²) in [6.45, 7) is -0.409. The van der Waals surface area contributed by atoms with Crippen LogP contribution < -0.4 is 5.32 Å². The predicted octanol–water partition coefficient (Wildman–Crippen LogP) is 0.458. The van der Waals surface area contributed by atoms with Gasteiger partial charge in [-0.25, -0.2) is 8.78 Å². The molecule has 5 nitrogen and oxygen atoms in total. The van der Waals surface area contributed by atoms with Crippen LogP contribution in [0.5, 0.6) is 0 Å². The normalized spacial score (nSPS) is 11.5. The molecule has 1 heterocycles. The molecule has 0 aliphatic rings. The minimum absolute atomic E-state index is 0.233. The third-order valence-corrected chi connectivity index (χ3v) is 2.60. The van der Waals surface area contributed by atoms with Crippen LogP contribution in [-0.2, 0) is 6.42 Å². The number of carbonyl (C=O) groups is 1. The van der Waals surface area contributed by atoms with E-state index in [2.05, 4.69) is 9.59 Å². The number of aliphatic hydroxyl groups is 1. The number of halogens is 2. The lowest BCUT2D eigenvalue weighted by Gasteiger charge is -2.13. The lowest BCUT2D eigenvalue weighted by Crippen LogP contribution is -2.39. The molecule has 16 heavy (non-hydrogen) atoms. The number of carbonyl (C=O) groups excluding carboxylic acids is 1. The van der Waals surface area contributed by atoms with Crippen LogP contribution in [0, 0.1) is 0 Å². The Morgan fingerprint density at radius 2 is 2.31 bits per heavy atom. The maximum Gasteiger partial charge on any atom is 0.287 e. The molecule has 1 rings (SSSR count). The fourth-order valence-electron chi connectivity index (χ4n) is 0.958. The first-order valence-corrected chi connectivity index (χ1v) is 5.35. The quantitative estimate of drug-likeness (QED) is 0.797. The van der Waals surface area contributed by atoms with Gasteiger partial charge < -0.3 is 10.4 Å². The van der Waals surface area contributed by atoms with E-state index in [9.17, 15) is 13.6 Å². The highest BCUT2D eigenvalue weighted by Gasteiger charge is 2.29. The van der Waals surface area contributed by atoms with Crippen LogP contribution in [0.25, 0.3) is 0 Å². The summed E-state index contributed by atoms with van der Waals surface area (Å²) in [6, 6.07) is 0. The number of rotatable bonds is 5. The molecule has 0 bridgehead atoms. The molecular weight excluding hydrogens is 240 g/mol. The van der Waals surface area contributed by atoms with Crippen LogP contribution >= 0.6 is 11.5 Å². The summed E-state index contributed by atoms with van der Waals surface area (Å²) in [4.78, 5) is 11.7. The monoisotopic (exact) mass is 251 g/mol. The van der Waals surface area contributed by atoms with Gasteiger partial charge in [-0.1, -0.05) is 11.4 Å². The molecule has 0 fully saturated rings. The van der Waals surface area contributed by atoms with Crippen LogP contribution in [0.1, 0.15) is 22.3 Å². The van der Waals surface area contributed by atoms with E-state index in [0.29, 0.717) is 12.1 Å². The number of alkyl halides is 2. The highest BCUT2D eigenvalue weighted by Crippen LogP contribution is 2.13. The summed E-state index contributed by atoms with van der Waals surface area (Å²) >= 11 is 0.860. The summed E-state index contributed by atoms with van der Waals surface area (Å²) in [5.74, 6) is -3.94. The number of hydrogen-bond donors (Lipinski definition) is 2. The fraction of sp³-hybridized carbons (Fsp3) is 0.625. The number of aromatic nitrogens is 2. The lowest BCUT2D eigenvalue weighted by molar-refractivity contribution is -0.0461. The highest BCUT2D eigenvalue weighted by atomic mass is 32.1. The second kappa shape index (κ2) is 5.26. The van der Waals surface area contributed by atoms with Gasteiger partial charge in [-0.2, -0.15) is 0 Å². The maximum atomic E-state index is 12.6. The van der Waals surface area contributed by atoms with E-state index in [-0.39, 0.29) is 4.88 Å². The Morgan fingerprint density at radius 1 is 1.62 bits per heavy atom. The average molecular weight is 251 g/mol. The van der Waals surface area contributed by atoms with Crippen LogP contribution in [0.3, 0.4) is 0 Å². The molecule has 1 amide bonds. The summed E-state index contributed by atoms with van der Waals surface area (Å²) in [5.41, 5.74) is 0.481. The molecule has 0 unspecified atom stereocenters. The Hall–Kier alpha value is -1.15. The smallest absolute Gasteiger partial charge is 0.287 e. The van der Waals surface area contributed by atoms with Gasteiger partial charge in [0, 0.05) is 0 Å². The predicted molar refractivity (Wildman–Crippen MR) is 53.7 cm³/mol. The summed E-state index contributed by atoms with van der Waals surface area (Å²) in [5, 5.41) is 14.0. The topological polar surface area (TPSA) is 75.1 Å². The van der Waals surface area contributed by atoms with Crippen molar-refractivity contribution in [1.82, 2.24) is 14.9 Å². The van der Waals surface area contributed by atoms with E-state index in [1.165, 1.54) is 0 Å². The standard InChI is InChI=1S/C8H11F2N3O2S/c1-2-5-6(16-13-12-5)7(15)11-3-8(9,10)4-14/h14H,2-4H2,1H3,(H,11,15). The third-order valence-electron chi connectivity index (χ3n) is 1.84. The molecule has 0 aromatic carbocycles. The molecule has 1 aromatic heterocycles. The van der Waals surface area contributed by atoms with Gasteiger partial charge in [-0.05, 0) is 18.0 Å². The van der Waals surface area contributed by atoms with Gasteiger partial charge in [-0.3, -0.25) is 4.79 Å². The van der Waals surface area contributed by atoms with E-state index in [1.807, 2.05) is 5.32 Å². The van der Waals surface area contributed by atoms with E-state index in [0.717, 1.165) is 11.5 Å². The van der Waals surface area contributed by atoms with E-state index in [4.69, 9.17) is 5.11 Å². The van der Waals surface area contributed by atoms with E-state index >= 15 is 0 Å². The van der Waals surface area contributed by atoms with Gasteiger partial charge in [0.25, 0.3) is 11.8 Å². The lowest BCUT2D eigenvalue weighted by atomic mass is 10.3. The summed E-state index contributed by atoms with van der Waals surface area (Å²) in [7, 11) is 0. The zero-order valence-electron chi connectivity index (χ0n) is 8.54. The minimum atomic E-state index is -3.31. The first-order valence-electron chi connectivity index (χ1n) is 4.58. The molecule has 0 radical (unpaired) electrons. The SMILES string of the molecule is CCc1nnsc1C(=O)NCC(F)(F)CO. The van der Waals surface area contributed by atoms with Crippen LogP contribution in [0.4, 0.5) is 8.78 Å². The molecule has 1 aromatic rings. The number of aryl methyl sites for hydroxylation is 1. The van der Waals surface area contributed by atoms with Crippen molar-refractivity contribution < 1.29 is 18.7 Å². The number of aliphatic hydroxyl groups excluding tert-OH is 1. The van der Waals surface area contributed by atoms with Crippen molar-refractivity contribution in [2.75, 3.05) is 13.2 Å². The first kappa shape index (κ1) is 12.9. The van der Waals surface area contributed by atoms with Gasteiger partial charge in [0.15, 0.2) is 0 Å². The third kappa shape index (κ3) is 3.17. The Kier molecular flexibility index (Phi) is 4.25. The second-order valence-corrected chi connectivity index (χ2v) is 3.85. The van der Waals surface area contributed by atoms with Crippen molar-refractivity contribution in [3.8, 4) is 0 Å². The van der Waals surface area contributed by atoms with Crippen molar-refractivity contribution in [3.63, 3.8) is 0 Å². The Labute approximate surface area is 94.6 Å². The number of amides is 1. The number of hydrogen-bond acceptors (Lipinski definition) is 5. The highest BCUT2D eigenvalue weighted by molar-refractivity contribution is 7.08.